The molecule has 3 N–H and O–H groups in total. The first-order valence-corrected chi connectivity index (χ1v) is 5.29. The van der Waals surface area contributed by atoms with Crippen molar-refractivity contribution in [1.29, 1.82) is 0 Å². The molecule has 0 saturated heterocycles. The van der Waals surface area contributed by atoms with Crippen molar-refractivity contribution in [2.24, 2.45) is 5.73 Å². The minimum Gasteiger partial charge on any atom is -0.332 e. The summed E-state index contributed by atoms with van der Waals surface area (Å²) in [7, 11) is 0. The Labute approximate surface area is 97.5 Å². The fourth-order valence-corrected chi connectivity index (χ4v) is 1.74. The van der Waals surface area contributed by atoms with E-state index in [0.717, 1.165) is 0 Å². The predicted octanol–water partition coefficient (Wildman–Crippen LogP) is 2.37. The lowest BCUT2D eigenvalue weighted by atomic mass is 10.2. The van der Waals surface area contributed by atoms with E-state index in [2.05, 4.69) is 9.97 Å². The zero-order valence-corrected chi connectivity index (χ0v) is 9.26. The largest absolute Gasteiger partial charge is 0.332 e. The number of halogens is 2. The number of hydrogen-bond acceptors (Lipinski definition) is 2. The van der Waals surface area contributed by atoms with Gasteiger partial charge in [-0.3, -0.25) is 0 Å². The maximum atomic E-state index is 13.0. The third-order valence-corrected chi connectivity index (χ3v) is 2.46. The van der Waals surface area contributed by atoms with Crippen LogP contribution in [0.2, 0.25) is 5.15 Å². The molecule has 0 bridgehead atoms. The third kappa shape index (κ3) is 2.23. The van der Waals surface area contributed by atoms with Gasteiger partial charge >= 0.3 is 0 Å². The van der Waals surface area contributed by atoms with Crippen LogP contribution in [0, 0.1) is 5.82 Å². The van der Waals surface area contributed by atoms with E-state index in [9.17, 15) is 4.39 Å². The molecule has 1 aromatic carbocycles. The number of nitrogens with two attached hydrogens (primary N) is 1. The van der Waals surface area contributed by atoms with Crippen LogP contribution in [0.15, 0.2) is 24.3 Å². The van der Waals surface area contributed by atoms with Crippen molar-refractivity contribution in [2.75, 3.05) is 6.54 Å². The number of nitrogens with one attached hydrogen (secondary N) is 1. The fourth-order valence-electron chi connectivity index (χ4n) is 1.48. The second kappa shape index (κ2) is 4.63. The molecule has 0 aliphatic rings. The Bertz CT molecular complexity index is 496. The number of rotatable bonds is 3. The third-order valence-electron chi connectivity index (χ3n) is 2.19. The zero-order chi connectivity index (χ0) is 11.5. The first-order chi connectivity index (χ1) is 7.70. The number of hydrogen-bond donors (Lipinski definition) is 2. The van der Waals surface area contributed by atoms with Gasteiger partial charge in [-0.05, 0) is 18.7 Å². The smallest absolute Gasteiger partial charge is 0.134 e. The van der Waals surface area contributed by atoms with Crippen molar-refractivity contribution in [3.05, 3.63) is 41.1 Å². The molecule has 1 aromatic heterocycles. The molecular formula is C11H11ClFN3. The van der Waals surface area contributed by atoms with E-state index in [1.807, 2.05) is 0 Å². The van der Waals surface area contributed by atoms with Gasteiger partial charge < -0.3 is 10.7 Å². The molecule has 2 aromatic rings. The van der Waals surface area contributed by atoms with Crippen LogP contribution in [-0.2, 0) is 6.42 Å². The van der Waals surface area contributed by atoms with Crippen molar-refractivity contribution < 1.29 is 4.39 Å². The Kier molecular flexibility index (Phi) is 3.22. The highest BCUT2D eigenvalue weighted by Gasteiger charge is 2.10. The molecule has 1 heterocycles. The number of aromatic amines is 1. The minimum absolute atomic E-state index is 0.308. The summed E-state index contributed by atoms with van der Waals surface area (Å²) in [4.78, 5) is 7.19. The van der Waals surface area contributed by atoms with Gasteiger partial charge in [-0.2, -0.15) is 0 Å². The molecule has 0 aliphatic carbocycles. The van der Waals surface area contributed by atoms with Crippen LogP contribution in [0.4, 0.5) is 4.39 Å². The number of benzene rings is 1. The molecule has 5 heteroatoms. The molecule has 16 heavy (non-hydrogen) atoms. The molecule has 2 rings (SSSR count). The second-order valence-corrected chi connectivity index (χ2v) is 3.77. The molecule has 84 valence electrons. The fraction of sp³-hybridized carbons (Fsp3) is 0.182. The molecular weight excluding hydrogens is 229 g/mol. The SMILES string of the molecule is NCCc1nc(-c2cccc(F)c2)c(Cl)[nH]1. The van der Waals surface area contributed by atoms with Crippen LogP contribution >= 0.6 is 11.6 Å². The maximum Gasteiger partial charge on any atom is 0.134 e. The number of H-pyrrole nitrogens is 1. The molecule has 0 spiro atoms. The highest BCUT2D eigenvalue weighted by Crippen LogP contribution is 2.25. The van der Waals surface area contributed by atoms with Gasteiger partial charge in [0.05, 0.1) is 0 Å². The number of nitrogens with zero attached hydrogens (tertiary/aromatic N) is 1. The Morgan fingerprint density at radius 3 is 2.94 bits per heavy atom. The summed E-state index contributed by atoms with van der Waals surface area (Å²) in [5, 5.41) is 0.411. The van der Waals surface area contributed by atoms with Crippen molar-refractivity contribution in [2.45, 2.75) is 6.42 Å². The highest BCUT2D eigenvalue weighted by molar-refractivity contribution is 6.31. The predicted molar refractivity (Wildman–Crippen MR) is 61.8 cm³/mol. The summed E-state index contributed by atoms with van der Waals surface area (Å²) < 4.78 is 13.0. The lowest BCUT2D eigenvalue weighted by Gasteiger charge is -1.96. The van der Waals surface area contributed by atoms with E-state index in [0.29, 0.717) is 35.2 Å². The van der Waals surface area contributed by atoms with Gasteiger partial charge in [-0.1, -0.05) is 23.7 Å². The highest BCUT2D eigenvalue weighted by atomic mass is 35.5. The minimum atomic E-state index is -0.308. The number of aromatic nitrogens is 2. The van der Waals surface area contributed by atoms with Crippen LogP contribution in [-0.4, -0.2) is 16.5 Å². The van der Waals surface area contributed by atoms with Crippen LogP contribution in [0.25, 0.3) is 11.3 Å². The van der Waals surface area contributed by atoms with Crippen molar-refractivity contribution in [3.63, 3.8) is 0 Å². The van der Waals surface area contributed by atoms with Gasteiger partial charge in [0.1, 0.15) is 22.5 Å². The van der Waals surface area contributed by atoms with Crippen LogP contribution in [0.5, 0.6) is 0 Å². The molecule has 0 radical (unpaired) electrons. The summed E-state index contributed by atoms with van der Waals surface area (Å²) in [5.74, 6) is 0.406. The summed E-state index contributed by atoms with van der Waals surface area (Å²) in [6, 6.07) is 6.16. The molecule has 0 fully saturated rings. The molecule has 0 aliphatic heterocycles. The summed E-state index contributed by atoms with van der Waals surface area (Å²) in [6.45, 7) is 0.492. The van der Waals surface area contributed by atoms with Gasteiger partial charge in [-0.15, -0.1) is 0 Å². The molecule has 0 amide bonds. The quantitative estimate of drug-likeness (QED) is 0.864. The van der Waals surface area contributed by atoms with Crippen LogP contribution in [0.1, 0.15) is 5.82 Å². The number of imidazole rings is 1. The standard InChI is InChI=1S/C11H11ClFN3/c12-11-10(15-9(16-11)4-5-14)7-2-1-3-8(13)6-7/h1-3,6H,4-5,14H2,(H,15,16). The average molecular weight is 240 g/mol. The van der Waals surface area contributed by atoms with Gasteiger partial charge in [0.25, 0.3) is 0 Å². The first-order valence-electron chi connectivity index (χ1n) is 4.91. The van der Waals surface area contributed by atoms with Crippen molar-refractivity contribution in [1.82, 2.24) is 9.97 Å². The summed E-state index contributed by atoms with van der Waals surface area (Å²) >= 11 is 5.99. The van der Waals surface area contributed by atoms with Crippen LogP contribution < -0.4 is 5.73 Å². The molecule has 3 nitrogen and oxygen atoms in total. The van der Waals surface area contributed by atoms with Gasteiger partial charge in [0.2, 0.25) is 0 Å². The van der Waals surface area contributed by atoms with Crippen molar-refractivity contribution in [3.8, 4) is 11.3 Å². The van der Waals surface area contributed by atoms with E-state index in [1.165, 1.54) is 12.1 Å². The second-order valence-electron chi connectivity index (χ2n) is 3.40. The Balaban J connectivity index is 2.40. The van der Waals surface area contributed by atoms with E-state index < -0.39 is 0 Å². The first kappa shape index (κ1) is 11.1. The summed E-state index contributed by atoms with van der Waals surface area (Å²) in [6.07, 6.45) is 0.620. The van der Waals surface area contributed by atoms with E-state index >= 15 is 0 Å². The summed E-state index contributed by atoms with van der Waals surface area (Å²) in [5.41, 5.74) is 6.64. The van der Waals surface area contributed by atoms with Gasteiger partial charge in [0, 0.05) is 12.0 Å². The maximum absolute atomic E-state index is 13.0. The normalized spacial score (nSPS) is 10.7. The van der Waals surface area contributed by atoms with Gasteiger partial charge in [0.15, 0.2) is 0 Å². The monoisotopic (exact) mass is 239 g/mol. The van der Waals surface area contributed by atoms with Crippen LogP contribution in [0.3, 0.4) is 0 Å². The van der Waals surface area contributed by atoms with E-state index in [-0.39, 0.29) is 5.82 Å². The Hall–Kier alpha value is -1.39. The Morgan fingerprint density at radius 2 is 2.25 bits per heavy atom. The van der Waals surface area contributed by atoms with E-state index in [1.54, 1.807) is 12.1 Å². The topological polar surface area (TPSA) is 54.7 Å². The van der Waals surface area contributed by atoms with E-state index in [4.69, 9.17) is 17.3 Å². The molecule has 0 saturated carbocycles. The Morgan fingerprint density at radius 1 is 1.44 bits per heavy atom. The molecule has 0 unspecified atom stereocenters. The molecule has 0 atom stereocenters. The van der Waals surface area contributed by atoms with Gasteiger partial charge in [-0.25, -0.2) is 9.37 Å². The van der Waals surface area contributed by atoms with Crippen molar-refractivity contribution >= 4 is 11.6 Å². The zero-order valence-electron chi connectivity index (χ0n) is 8.50. The average Bonchev–Trinajstić information content (AvgIpc) is 2.60. The lowest BCUT2D eigenvalue weighted by molar-refractivity contribution is 0.628. The lowest BCUT2D eigenvalue weighted by Crippen LogP contribution is -2.03.